The van der Waals surface area contributed by atoms with Crippen LogP contribution in [0.5, 0.6) is 0 Å². The molecule has 4 aliphatic carbocycles. The normalized spacial score (nSPS) is 45.5. The molecule has 4 aliphatic rings. The smallest absolute Gasteiger partial charge is 0.155 e. The number of carbonyl (C=O) groups excluding carboxylic acids is 2. The van der Waals surface area contributed by atoms with Gasteiger partial charge in [0, 0.05) is 6.42 Å². The second-order valence-corrected chi connectivity index (χ2v) is 8.94. The van der Waals surface area contributed by atoms with E-state index in [-0.39, 0.29) is 16.6 Å². The van der Waals surface area contributed by atoms with Gasteiger partial charge >= 0.3 is 0 Å². The molecule has 4 rings (SSSR count). The predicted molar refractivity (Wildman–Crippen MR) is 90.9 cm³/mol. The van der Waals surface area contributed by atoms with Crippen molar-refractivity contribution in [1.82, 2.24) is 0 Å². The average Bonchev–Trinajstić information content (AvgIpc) is 2.86. The van der Waals surface area contributed by atoms with Gasteiger partial charge in [0.1, 0.15) is 0 Å². The Hall–Kier alpha value is -1.18. The Balaban J connectivity index is 1.67. The van der Waals surface area contributed by atoms with E-state index in [2.05, 4.69) is 19.9 Å². The van der Waals surface area contributed by atoms with Gasteiger partial charge in [0.2, 0.25) is 0 Å². The Morgan fingerprint density at radius 1 is 1.13 bits per heavy atom. The molecule has 0 spiro atoms. The van der Waals surface area contributed by atoms with Gasteiger partial charge in [-0.05, 0) is 85.7 Å². The lowest BCUT2D eigenvalue weighted by atomic mass is 9.47. The van der Waals surface area contributed by atoms with Crippen LogP contribution in [0.3, 0.4) is 0 Å². The van der Waals surface area contributed by atoms with Crippen LogP contribution in [-0.2, 0) is 9.59 Å². The molecular weight excluding hydrogens is 284 g/mol. The number of hydrogen-bond donors (Lipinski definition) is 0. The topological polar surface area (TPSA) is 34.1 Å². The first-order valence-corrected chi connectivity index (χ1v) is 9.30. The van der Waals surface area contributed by atoms with Crippen LogP contribution in [-0.4, -0.2) is 11.6 Å². The Labute approximate surface area is 139 Å². The molecule has 0 aliphatic heterocycles. The maximum atomic E-state index is 11.9. The van der Waals surface area contributed by atoms with Crippen LogP contribution in [0, 0.1) is 28.6 Å². The molecule has 23 heavy (non-hydrogen) atoms. The number of carbonyl (C=O) groups is 2. The average molecular weight is 312 g/mol. The van der Waals surface area contributed by atoms with Crippen molar-refractivity contribution in [3.8, 4) is 0 Å². The second-order valence-electron chi connectivity index (χ2n) is 8.94. The van der Waals surface area contributed by atoms with E-state index in [1.807, 2.05) is 6.08 Å². The molecule has 0 radical (unpaired) electrons. The number of rotatable bonds is 1. The van der Waals surface area contributed by atoms with Gasteiger partial charge in [-0.15, -0.1) is 0 Å². The summed E-state index contributed by atoms with van der Waals surface area (Å²) in [6.45, 7) is 6.51. The third-order valence-corrected chi connectivity index (χ3v) is 7.80. The summed E-state index contributed by atoms with van der Waals surface area (Å²) >= 11 is 0. The van der Waals surface area contributed by atoms with Gasteiger partial charge in [-0.3, -0.25) is 9.59 Å². The second kappa shape index (κ2) is 4.91. The highest BCUT2D eigenvalue weighted by molar-refractivity contribution is 5.94. The fraction of sp³-hybridized carbons (Fsp3) is 0.714. The van der Waals surface area contributed by atoms with E-state index in [0.29, 0.717) is 17.6 Å². The molecule has 0 bridgehead atoms. The summed E-state index contributed by atoms with van der Waals surface area (Å²) < 4.78 is 0. The molecule has 0 saturated heterocycles. The summed E-state index contributed by atoms with van der Waals surface area (Å²) in [5.41, 5.74) is 2.96. The van der Waals surface area contributed by atoms with E-state index in [1.54, 1.807) is 6.92 Å². The Morgan fingerprint density at radius 3 is 2.65 bits per heavy atom. The molecule has 5 unspecified atom stereocenters. The first-order chi connectivity index (χ1) is 10.8. The van der Waals surface area contributed by atoms with E-state index in [1.165, 1.54) is 24.8 Å². The Morgan fingerprint density at radius 2 is 1.91 bits per heavy atom. The van der Waals surface area contributed by atoms with Crippen molar-refractivity contribution in [2.75, 3.05) is 0 Å². The Kier molecular flexibility index (Phi) is 3.28. The number of allylic oxidation sites excluding steroid dienone is 4. The van der Waals surface area contributed by atoms with Gasteiger partial charge in [-0.1, -0.05) is 25.5 Å². The minimum absolute atomic E-state index is 0.226. The predicted octanol–water partition coefficient (Wildman–Crippen LogP) is 4.64. The number of Topliss-reactive ketones (excluding diaryl/α,β-unsaturated/α-hetero) is 1. The van der Waals surface area contributed by atoms with Crippen molar-refractivity contribution in [1.29, 1.82) is 0 Å². The molecule has 2 saturated carbocycles. The fourth-order valence-corrected chi connectivity index (χ4v) is 6.41. The molecule has 5 atom stereocenters. The zero-order valence-corrected chi connectivity index (χ0v) is 14.7. The lowest BCUT2D eigenvalue weighted by molar-refractivity contribution is -0.117. The van der Waals surface area contributed by atoms with Crippen molar-refractivity contribution >= 4 is 11.6 Å². The third kappa shape index (κ3) is 2.13. The number of ketones is 2. The van der Waals surface area contributed by atoms with Crippen LogP contribution in [0.4, 0.5) is 0 Å². The molecule has 0 aromatic rings. The molecule has 0 amide bonds. The molecule has 0 aromatic carbocycles. The standard InChI is InChI=1S/C21H28O2/c1-13(22)14-10-19-17-5-4-15-11-16(23)6-9-21(15,3)18(17)7-8-20(19,2)12-14/h11-12,17-19H,4-10H2,1-3H3. The zero-order valence-electron chi connectivity index (χ0n) is 14.7. The minimum Gasteiger partial charge on any atom is -0.295 e. The van der Waals surface area contributed by atoms with Crippen molar-refractivity contribution in [3.63, 3.8) is 0 Å². The van der Waals surface area contributed by atoms with Crippen LogP contribution >= 0.6 is 0 Å². The minimum atomic E-state index is 0.226. The van der Waals surface area contributed by atoms with Crippen LogP contribution in [0.1, 0.15) is 65.7 Å². The van der Waals surface area contributed by atoms with Crippen LogP contribution in [0.2, 0.25) is 0 Å². The Bertz CT molecular complexity index is 640. The molecule has 0 heterocycles. The summed E-state index contributed by atoms with van der Waals surface area (Å²) in [7, 11) is 0. The van der Waals surface area contributed by atoms with Gasteiger partial charge in [-0.2, -0.15) is 0 Å². The van der Waals surface area contributed by atoms with Crippen molar-refractivity contribution < 1.29 is 9.59 Å². The van der Waals surface area contributed by atoms with Gasteiger partial charge in [0.05, 0.1) is 0 Å². The largest absolute Gasteiger partial charge is 0.295 e. The fourth-order valence-electron chi connectivity index (χ4n) is 6.41. The summed E-state index contributed by atoms with van der Waals surface area (Å²) in [5.74, 6) is 2.66. The lowest BCUT2D eigenvalue weighted by Crippen LogP contribution is -2.49. The van der Waals surface area contributed by atoms with E-state index in [4.69, 9.17) is 0 Å². The monoisotopic (exact) mass is 312 g/mol. The first kappa shape index (κ1) is 15.4. The number of fused-ring (bicyclic) bond motifs is 5. The molecule has 0 aromatic heterocycles. The van der Waals surface area contributed by atoms with Gasteiger partial charge in [0.15, 0.2) is 11.6 Å². The zero-order chi connectivity index (χ0) is 16.4. The molecular formula is C21H28O2. The molecule has 2 heteroatoms. The van der Waals surface area contributed by atoms with Crippen molar-refractivity contribution in [2.45, 2.75) is 65.7 Å². The summed E-state index contributed by atoms with van der Waals surface area (Å²) in [4.78, 5) is 23.8. The van der Waals surface area contributed by atoms with Crippen molar-refractivity contribution in [3.05, 3.63) is 23.3 Å². The van der Waals surface area contributed by atoms with Gasteiger partial charge < -0.3 is 0 Å². The molecule has 2 fully saturated rings. The maximum absolute atomic E-state index is 11.9. The van der Waals surface area contributed by atoms with Crippen LogP contribution in [0.15, 0.2) is 23.3 Å². The van der Waals surface area contributed by atoms with E-state index in [9.17, 15) is 9.59 Å². The number of hydrogen-bond acceptors (Lipinski definition) is 2. The quantitative estimate of drug-likeness (QED) is 0.706. The lowest BCUT2D eigenvalue weighted by Gasteiger charge is -2.57. The highest BCUT2D eigenvalue weighted by Crippen LogP contribution is 2.64. The summed E-state index contributed by atoms with van der Waals surface area (Å²) in [6, 6.07) is 0. The first-order valence-electron chi connectivity index (χ1n) is 9.30. The SMILES string of the molecule is CC(=O)C1=CC2(C)CCC3C(CCC4=CC(=O)CCC43C)C2C1. The van der Waals surface area contributed by atoms with Crippen molar-refractivity contribution in [2.24, 2.45) is 28.6 Å². The molecule has 0 N–H and O–H groups in total. The third-order valence-electron chi connectivity index (χ3n) is 7.80. The van der Waals surface area contributed by atoms with Crippen LogP contribution in [0.25, 0.3) is 0 Å². The highest BCUT2D eigenvalue weighted by Gasteiger charge is 2.56. The summed E-state index contributed by atoms with van der Waals surface area (Å²) in [5, 5.41) is 0. The van der Waals surface area contributed by atoms with Gasteiger partial charge in [-0.25, -0.2) is 0 Å². The van der Waals surface area contributed by atoms with E-state index >= 15 is 0 Å². The van der Waals surface area contributed by atoms with Crippen LogP contribution < -0.4 is 0 Å². The molecule has 124 valence electrons. The van der Waals surface area contributed by atoms with E-state index in [0.717, 1.165) is 37.2 Å². The van der Waals surface area contributed by atoms with Gasteiger partial charge in [0.25, 0.3) is 0 Å². The highest BCUT2D eigenvalue weighted by atomic mass is 16.1. The van der Waals surface area contributed by atoms with E-state index < -0.39 is 0 Å². The summed E-state index contributed by atoms with van der Waals surface area (Å²) in [6.07, 6.45) is 11.8. The molecule has 2 nitrogen and oxygen atoms in total. The maximum Gasteiger partial charge on any atom is 0.155 e.